The van der Waals surface area contributed by atoms with Crippen molar-refractivity contribution in [2.24, 2.45) is 0 Å². The van der Waals surface area contributed by atoms with Gasteiger partial charge in [0.1, 0.15) is 12.6 Å². The van der Waals surface area contributed by atoms with Crippen molar-refractivity contribution >= 4 is 17.9 Å². The van der Waals surface area contributed by atoms with Gasteiger partial charge in [-0.2, -0.15) is 0 Å². The molecule has 0 aliphatic rings. The van der Waals surface area contributed by atoms with E-state index in [-0.39, 0.29) is 42.7 Å². The van der Waals surface area contributed by atoms with Gasteiger partial charge in [-0.15, -0.1) is 0 Å². The second-order valence-corrected chi connectivity index (χ2v) is 16.3. The largest absolute Gasteiger partial charge is 0.544 e. The molecule has 0 amide bonds. The fraction of sp³-hybridized carbons (Fsp3) is 0.848. The van der Waals surface area contributed by atoms with E-state index in [0.717, 1.165) is 51.4 Å². The molecule has 0 bridgehead atoms. The highest BCUT2D eigenvalue weighted by atomic mass is 16.6. The van der Waals surface area contributed by atoms with E-state index in [4.69, 9.17) is 14.2 Å². The molecular weight excluding hydrogens is 679 g/mol. The molecule has 0 aliphatic carbocycles. The molecule has 0 N–H and O–H groups in total. The fourth-order valence-electron chi connectivity index (χ4n) is 6.59. The number of unbranched alkanes of at least 4 members (excludes halogenated alkanes) is 23. The number of rotatable bonds is 40. The van der Waals surface area contributed by atoms with E-state index in [1.807, 2.05) is 0 Å². The highest BCUT2D eigenvalue weighted by Crippen LogP contribution is 2.15. The van der Waals surface area contributed by atoms with Crippen LogP contribution in [0.15, 0.2) is 24.3 Å². The van der Waals surface area contributed by atoms with Gasteiger partial charge in [-0.3, -0.25) is 9.59 Å². The summed E-state index contributed by atoms with van der Waals surface area (Å²) in [5, 5.41) is 11.6. The average Bonchev–Trinajstić information content (AvgIpc) is 3.12. The van der Waals surface area contributed by atoms with Crippen LogP contribution in [0.25, 0.3) is 0 Å². The maximum atomic E-state index is 12.7. The summed E-state index contributed by atoms with van der Waals surface area (Å²) < 4.78 is 17.2. The molecule has 316 valence electrons. The number of carboxylic acids is 1. The molecule has 0 aliphatic heterocycles. The second-order valence-electron chi connectivity index (χ2n) is 16.3. The molecule has 0 heterocycles. The highest BCUT2D eigenvalue weighted by Gasteiger charge is 2.25. The zero-order valence-corrected chi connectivity index (χ0v) is 35.9. The van der Waals surface area contributed by atoms with E-state index >= 15 is 0 Å². The number of carbonyl (C=O) groups is 3. The fourth-order valence-corrected chi connectivity index (χ4v) is 6.59. The highest BCUT2D eigenvalue weighted by molar-refractivity contribution is 5.70. The summed E-state index contributed by atoms with van der Waals surface area (Å²) in [6, 6.07) is -0.724. The standard InChI is InChI=1S/C46H85NO7/c1-6-8-10-12-14-16-18-20-22-24-26-28-30-32-34-36-44(48)53-41-42(40-52-39-38-43(46(50)51)47(3,4)5)54-45(49)37-35-33-31-29-27-25-23-21-19-17-15-13-11-9-7-2/h14,16,18,20,42-43H,6-13,15,17,19,21-41H2,1-5H3/b16-14+,20-18+. The van der Waals surface area contributed by atoms with E-state index < -0.39 is 18.1 Å². The molecule has 8 heteroatoms. The third-order valence-corrected chi connectivity index (χ3v) is 10.1. The lowest BCUT2D eigenvalue weighted by Crippen LogP contribution is -2.55. The van der Waals surface area contributed by atoms with Crippen molar-refractivity contribution in [2.75, 3.05) is 41.0 Å². The molecule has 0 saturated heterocycles. The van der Waals surface area contributed by atoms with Crippen LogP contribution in [0.4, 0.5) is 0 Å². The van der Waals surface area contributed by atoms with Gasteiger partial charge in [0.15, 0.2) is 6.10 Å². The predicted molar refractivity (Wildman–Crippen MR) is 222 cm³/mol. The van der Waals surface area contributed by atoms with Crippen molar-refractivity contribution in [3.05, 3.63) is 24.3 Å². The first-order valence-corrected chi connectivity index (χ1v) is 22.4. The molecule has 0 saturated carbocycles. The van der Waals surface area contributed by atoms with Crippen molar-refractivity contribution in [2.45, 2.75) is 212 Å². The van der Waals surface area contributed by atoms with Gasteiger partial charge in [0.05, 0.1) is 40.3 Å². The molecule has 0 fully saturated rings. The SMILES string of the molecule is CCCCC/C=C/C=C/CCCCCCCCC(=O)OCC(COCCC(C(=O)[O-])[N+](C)(C)C)OC(=O)CCCCCCCCCCCCCCCCC. The summed E-state index contributed by atoms with van der Waals surface area (Å²) in [5.74, 6) is -1.74. The van der Waals surface area contributed by atoms with Gasteiger partial charge < -0.3 is 28.6 Å². The van der Waals surface area contributed by atoms with Crippen LogP contribution < -0.4 is 5.11 Å². The van der Waals surface area contributed by atoms with Crippen molar-refractivity contribution < 1.29 is 38.2 Å². The zero-order chi connectivity index (χ0) is 40.0. The Morgan fingerprint density at radius 3 is 1.43 bits per heavy atom. The van der Waals surface area contributed by atoms with E-state index in [1.165, 1.54) is 116 Å². The minimum atomic E-state index is -1.12. The zero-order valence-electron chi connectivity index (χ0n) is 35.9. The number of carbonyl (C=O) groups excluding carboxylic acids is 3. The third kappa shape index (κ3) is 35.5. The molecule has 0 aromatic rings. The van der Waals surface area contributed by atoms with Gasteiger partial charge in [0.25, 0.3) is 0 Å². The maximum Gasteiger partial charge on any atom is 0.306 e. The second kappa shape index (κ2) is 37.7. The summed E-state index contributed by atoms with van der Waals surface area (Å²) in [6.07, 6.45) is 40.5. The maximum absolute atomic E-state index is 12.7. The minimum Gasteiger partial charge on any atom is -0.544 e. The molecule has 2 atom stereocenters. The summed E-state index contributed by atoms with van der Waals surface area (Å²) in [5.41, 5.74) is 0. The molecule has 0 aromatic carbocycles. The number of nitrogens with zero attached hydrogens (tertiary/aromatic N) is 1. The predicted octanol–water partition coefficient (Wildman–Crippen LogP) is 10.7. The normalized spacial score (nSPS) is 13.1. The number of allylic oxidation sites excluding steroid dienone is 4. The first-order chi connectivity index (χ1) is 26.1. The molecule has 54 heavy (non-hydrogen) atoms. The van der Waals surface area contributed by atoms with E-state index in [0.29, 0.717) is 12.8 Å². The Kier molecular flexibility index (Phi) is 36.2. The number of hydrogen-bond acceptors (Lipinski definition) is 7. The average molecular weight is 764 g/mol. The van der Waals surface area contributed by atoms with Crippen LogP contribution in [0.1, 0.15) is 200 Å². The van der Waals surface area contributed by atoms with E-state index in [9.17, 15) is 19.5 Å². The summed E-state index contributed by atoms with van der Waals surface area (Å²) in [4.78, 5) is 36.8. The lowest BCUT2D eigenvalue weighted by Gasteiger charge is -2.34. The summed E-state index contributed by atoms with van der Waals surface area (Å²) >= 11 is 0. The Morgan fingerprint density at radius 1 is 0.556 bits per heavy atom. The molecular formula is C46H85NO7. The first kappa shape index (κ1) is 51.8. The molecule has 0 spiro atoms. The quantitative estimate of drug-likeness (QED) is 0.0265. The van der Waals surface area contributed by atoms with Crippen LogP contribution in [-0.2, 0) is 28.6 Å². The molecule has 0 aromatic heterocycles. The summed E-state index contributed by atoms with van der Waals surface area (Å²) in [6.45, 7) is 4.64. The van der Waals surface area contributed by atoms with Crippen LogP contribution >= 0.6 is 0 Å². The minimum absolute atomic E-state index is 0.0409. The van der Waals surface area contributed by atoms with Gasteiger partial charge in [-0.05, 0) is 38.5 Å². The van der Waals surface area contributed by atoms with Crippen LogP contribution in [0.2, 0.25) is 0 Å². The van der Waals surface area contributed by atoms with Crippen LogP contribution in [0.5, 0.6) is 0 Å². The Bertz CT molecular complexity index is 942. The topological polar surface area (TPSA) is 102 Å². The molecule has 8 nitrogen and oxygen atoms in total. The molecule has 2 unspecified atom stereocenters. The lowest BCUT2D eigenvalue weighted by molar-refractivity contribution is -0.889. The first-order valence-electron chi connectivity index (χ1n) is 22.4. The Morgan fingerprint density at radius 2 is 0.963 bits per heavy atom. The number of ether oxygens (including phenoxy) is 3. The van der Waals surface area contributed by atoms with Crippen molar-refractivity contribution in [1.82, 2.24) is 0 Å². The van der Waals surface area contributed by atoms with Gasteiger partial charge in [0.2, 0.25) is 0 Å². The van der Waals surface area contributed by atoms with Gasteiger partial charge in [-0.1, -0.05) is 167 Å². The smallest absolute Gasteiger partial charge is 0.306 e. The van der Waals surface area contributed by atoms with Crippen molar-refractivity contribution in [1.29, 1.82) is 0 Å². The van der Waals surface area contributed by atoms with Crippen molar-refractivity contribution in [3.63, 3.8) is 0 Å². The van der Waals surface area contributed by atoms with Crippen LogP contribution in [0.3, 0.4) is 0 Å². The number of esters is 2. The number of quaternary nitrogens is 1. The Labute approximate surface area is 332 Å². The van der Waals surface area contributed by atoms with Crippen LogP contribution in [0, 0.1) is 0 Å². The summed E-state index contributed by atoms with van der Waals surface area (Å²) in [7, 11) is 5.41. The number of carboxylic acid groups (broad SMARTS) is 1. The molecule has 0 rings (SSSR count). The van der Waals surface area contributed by atoms with E-state index in [1.54, 1.807) is 21.1 Å². The number of likely N-dealkylation sites (N-methyl/N-ethyl adjacent to an activating group) is 1. The van der Waals surface area contributed by atoms with Gasteiger partial charge in [-0.25, -0.2) is 0 Å². The monoisotopic (exact) mass is 764 g/mol. The molecule has 0 radical (unpaired) electrons. The number of hydrogen-bond donors (Lipinski definition) is 0. The van der Waals surface area contributed by atoms with Crippen molar-refractivity contribution in [3.8, 4) is 0 Å². The number of aliphatic carboxylic acids is 1. The Hall–Kier alpha value is -2.19. The lowest BCUT2D eigenvalue weighted by atomic mass is 10.0. The third-order valence-electron chi connectivity index (χ3n) is 10.1. The Balaban J connectivity index is 4.34. The van der Waals surface area contributed by atoms with Gasteiger partial charge >= 0.3 is 11.9 Å². The van der Waals surface area contributed by atoms with Gasteiger partial charge in [0, 0.05) is 19.3 Å². The van der Waals surface area contributed by atoms with E-state index in [2.05, 4.69) is 38.2 Å². The van der Waals surface area contributed by atoms with Crippen LogP contribution in [-0.4, -0.2) is 75.5 Å².